The number of aryl methyl sites for hydroxylation is 3. The zero-order chi connectivity index (χ0) is 16.1. The monoisotopic (exact) mass is 321 g/mol. The number of amides is 1. The molecule has 0 aliphatic rings. The number of hydrogen-bond donors (Lipinski definition) is 1. The third-order valence-electron chi connectivity index (χ3n) is 3.20. The van der Waals surface area contributed by atoms with Crippen molar-refractivity contribution in [2.45, 2.75) is 33.2 Å². The number of unbranched alkanes of at least 4 members (excludes halogenated alkanes) is 1. The summed E-state index contributed by atoms with van der Waals surface area (Å²) < 4.78 is 3.40. The van der Waals surface area contributed by atoms with E-state index in [1.807, 2.05) is 6.92 Å². The van der Waals surface area contributed by atoms with Crippen LogP contribution in [0.1, 0.15) is 31.0 Å². The number of carbonyl (C=O) groups is 1. The van der Waals surface area contributed by atoms with E-state index in [1.165, 1.54) is 6.08 Å². The van der Waals surface area contributed by atoms with E-state index in [2.05, 4.69) is 22.4 Å². The first-order valence-corrected chi connectivity index (χ1v) is 7.60. The van der Waals surface area contributed by atoms with Crippen molar-refractivity contribution in [3.8, 4) is 0 Å². The highest BCUT2D eigenvalue weighted by atomic mass is 35.5. The first kappa shape index (κ1) is 16.3. The first-order chi connectivity index (χ1) is 10.5. The molecule has 2 heterocycles. The third kappa shape index (κ3) is 3.98. The van der Waals surface area contributed by atoms with Crippen molar-refractivity contribution in [1.82, 2.24) is 19.6 Å². The van der Waals surface area contributed by atoms with E-state index in [-0.39, 0.29) is 5.91 Å². The largest absolute Gasteiger partial charge is 0.306 e. The lowest BCUT2D eigenvalue weighted by Crippen LogP contribution is -2.08. The average Bonchev–Trinajstić information content (AvgIpc) is 2.99. The smallest absolute Gasteiger partial charge is 0.249 e. The summed E-state index contributed by atoms with van der Waals surface area (Å²) in [5.41, 5.74) is 1.58. The molecule has 0 fully saturated rings. The van der Waals surface area contributed by atoms with Crippen molar-refractivity contribution in [3.63, 3.8) is 0 Å². The summed E-state index contributed by atoms with van der Waals surface area (Å²) in [5, 5.41) is 11.7. The van der Waals surface area contributed by atoms with Crippen LogP contribution in [0.3, 0.4) is 0 Å². The average molecular weight is 322 g/mol. The number of nitrogens with one attached hydrogen (secondary N) is 1. The molecule has 0 atom stereocenters. The Morgan fingerprint density at radius 2 is 2.23 bits per heavy atom. The minimum Gasteiger partial charge on any atom is -0.306 e. The van der Waals surface area contributed by atoms with Gasteiger partial charge in [-0.2, -0.15) is 10.2 Å². The molecule has 7 heteroatoms. The van der Waals surface area contributed by atoms with E-state index in [0.29, 0.717) is 11.0 Å². The number of hydrogen-bond acceptors (Lipinski definition) is 3. The van der Waals surface area contributed by atoms with Gasteiger partial charge < -0.3 is 5.32 Å². The van der Waals surface area contributed by atoms with Gasteiger partial charge in [0.05, 0.1) is 5.69 Å². The van der Waals surface area contributed by atoms with Crippen LogP contribution in [0.2, 0.25) is 5.15 Å². The number of rotatable bonds is 6. The van der Waals surface area contributed by atoms with E-state index < -0.39 is 0 Å². The van der Waals surface area contributed by atoms with E-state index in [4.69, 9.17) is 11.6 Å². The summed E-state index contributed by atoms with van der Waals surface area (Å²) in [6.45, 7) is 4.78. The second-order valence-corrected chi connectivity index (χ2v) is 5.42. The van der Waals surface area contributed by atoms with Crippen LogP contribution >= 0.6 is 11.6 Å². The van der Waals surface area contributed by atoms with Crippen molar-refractivity contribution in [2.24, 2.45) is 7.05 Å². The predicted octanol–water partition coefficient (Wildman–Crippen LogP) is 3.03. The van der Waals surface area contributed by atoms with Gasteiger partial charge in [-0.1, -0.05) is 24.9 Å². The van der Waals surface area contributed by atoms with E-state index >= 15 is 0 Å². The minimum absolute atomic E-state index is 0.254. The molecule has 0 aliphatic heterocycles. The molecule has 22 heavy (non-hydrogen) atoms. The standard InChI is InChI=1S/C15H20ClN5O/c1-4-5-9-21-15(16)12(11(2)18-21)6-7-14(22)17-13-8-10-20(3)19-13/h6-8,10H,4-5,9H2,1-3H3,(H,17,19,22)/b7-6+. The fraction of sp³-hybridized carbons (Fsp3) is 0.400. The van der Waals surface area contributed by atoms with Crippen molar-refractivity contribution in [1.29, 1.82) is 0 Å². The molecule has 0 aliphatic carbocycles. The fourth-order valence-corrected chi connectivity index (χ4v) is 2.34. The molecule has 0 radical (unpaired) electrons. The van der Waals surface area contributed by atoms with E-state index in [9.17, 15) is 4.79 Å². The van der Waals surface area contributed by atoms with Gasteiger partial charge in [-0.15, -0.1) is 0 Å². The summed E-state index contributed by atoms with van der Waals surface area (Å²) in [7, 11) is 1.79. The molecule has 2 aromatic rings. The maximum absolute atomic E-state index is 11.9. The predicted molar refractivity (Wildman–Crippen MR) is 87.8 cm³/mol. The second kappa shape index (κ2) is 7.26. The Bertz CT molecular complexity index is 686. The number of carbonyl (C=O) groups excluding carboxylic acids is 1. The Balaban J connectivity index is 2.06. The minimum atomic E-state index is -0.254. The van der Waals surface area contributed by atoms with Crippen LogP contribution in [0, 0.1) is 6.92 Å². The summed E-state index contributed by atoms with van der Waals surface area (Å²) in [5.74, 6) is 0.258. The van der Waals surface area contributed by atoms with E-state index in [0.717, 1.165) is 30.6 Å². The lowest BCUT2D eigenvalue weighted by atomic mass is 10.2. The molecule has 0 aromatic carbocycles. The summed E-state index contributed by atoms with van der Waals surface area (Å²) in [6.07, 6.45) is 6.98. The lowest BCUT2D eigenvalue weighted by Gasteiger charge is -2.00. The molecule has 0 saturated heterocycles. The van der Waals surface area contributed by atoms with Crippen LogP contribution in [0.25, 0.3) is 6.08 Å². The summed E-state index contributed by atoms with van der Waals surface area (Å²) in [6, 6.07) is 1.73. The number of nitrogens with zero attached hydrogens (tertiary/aromatic N) is 4. The summed E-state index contributed by atoms with van der Waals surface area (Å²) >= 11 is 6.31. The van der Waals surface area contributed by atoms with Gasteiger partial charge in [0.25, 0.3) is 0 Å². The maximum Gasteiger partial charge on any atom is 0.249 e. The Hall–Kier alpha value is -2.08. The van der Waals surface area contributed by atoms with Gasteiger partial charge >= 0.3 is 0 Å². The Morgan fingerprint density at radius 1 is 1.45 bits per heavy atom. The molecular weight excluding hydrogens is 302 g/mol. The van der Waals surface area contributed by atoms with Gasteiger partial charge in [0, 0.05) is 37.5 Å². The van der Waals surface area contributed by atoms with Gasteiger partial charge in [0.15, 0.2) is 5.82 Å². The number of anilines is 1. The molecule has 1 N–H and O–H groups in total. The molecule has 0 spiro atoms. The topological polar surface area (TPSA) is 64.7 Å². The zero-order valence-electron chi connectivity index (χ0n) is 13.0. The normalized spacial score (nSPS) is 11.3. The second-order valence-electron chi connectivity index (χ2n) is 5.06. The van der Waals surface area contributed by atoms with Crippen LogP contribution in [0.5, 0.6) is 0 Å². The van der Waals surface area contributed by atoms with Crippen molar-refractivity contribution >= 4 is 29.4 Å². The maximum atomic E-state index is 11.9. The molecule has 1 amide bonds. The highest BCUT2D eigenvalue weighted by Crippen LogP contribution is 2.21. The molecule has 2 rings (SSSR count). The highest BCUT2D eigenvalue weighted by molar-refractivity contribution is 6.31. The Labute approximate surface area is 134 Å². The van der Waals surface area contributed by atoms with Gasteiger partial charge in [-0.3, -0.25) is 14.2 Å². The quantitative estimate of drug-likeness (QED) is 0.832. The number of aromatic nitrogens is 4. The van der Waals surface area contributed by atoms with Gasteiger partial charge in [-0.25, -0.2) is 0 Å². The molecular formula is C15H20ClN5O. The molecule has 2 aromatic heterocycles. The highest BCUT2D eigenvalue weighted by Gasteiger charge is 2.11. The van der Waals surface area contributed by atoms with Crippen molar-refractivity contribution in [3.05, 3.63) is 34.7 Å². The molecule has 6 nitrogen and oxygen atoms in total. The van der Waals surface area contributed by atoms with Crippen molar-refractivity contribution < 1.29 is 4.79 Å². The Kier molecular flexibility index (Phi) is 5.38. The van der Waals surface area contributed by atoms with E-state index in [1.54, 1.807) is 34.8 Å². The lowest BCUT2D eigenvalue weighted by molar-refractivity contribution is -0.111. The number of halogens is 1. The van der Waals surface area contributed by atoms with Crippen LogP contribution in [0.15, 0.2) is 18.3 Å². The van der Waals surface area contributed by atoms with Gasteiger partial charge in [0.2, 0.25) is 5.91 Å². The molecule has 0 saturated carbocycles. The molecule has 0 unspecified atom stereocenters. The zero-order valence-corrected chi connectivity index (χ0v) is 13.8. The van der Waals surface area contributed by atoms with Crippen LogP contribution in [0.4, 0.5) is 5.82 Å². The van der Waals surface area contributed by atoms with Crippen molar-refractivity contribution in [2.75, 3.05) is 5.32 Å². The molecule has 0 bridgehead atoms. The summed E-state index contributed by atoms with van der Waals surface area (Å²) in [4.78, 5) is 11.9. The first-order valence-electron chi connectivity index (χ1n) is 7.23. The fourth-order valence-electron chi connectivity index (χ4n) is 2.02. The van der Waals surface area contributed by atoms with Crippen LogP contribution < -0.4 is 5.32 Å². The van der Waals surface area contributed by atoms with Gasteiger partial charge in [-0.05, 0) is 19.4 Å². The van der Waals surface area contributed by atoms with Crippen LogP contribution in [-0.4, -0.2) is 25.5 Å². The van der Waals surface area contributed by atoms with Gasteiger partial charge in [0.1, 0.15) is 5.15 Å². The third-order valence-corrected chi connectivity index (χ3v) is 3.60. The molecule has 118 valence electrons. The van der Waals surface area contributed by atoms with Crippen LogP contribution in [-0.2, 0) is 18.4 Å². The Morgan fingerprint density at radius 3 is 2.86 bits per heavy atom. The SMILES string of the molecule is CCCCn1nc(C)c(/C=C/C(=O)Nc2ccn(C)n2)c1Cl.